The number of hydrogen-bond donors (Lipinski definition) is 2. The highest BCUT2D eigenvalue weighted by Gasteiger charge is 2.33. The predicted octanol–water partition coefficient (Wildman–Crippen LogP) is 1.56. The second kappa shape index (κ2) is 6.86. The lowest BCUT2D eigenvalue weighted by Crippen LogP contribution is -2.53. The molecule has 0 radical (unpaired) electrons. The molecule has 0 fully saturated rings. The molecule has 16 heavy (non-hydrogen) atoms. The van der Waals surface area contributed by atoms with E-state index in [0.29, 0.717) is 6.42 Å². The first-order valence-corrected chi connectivity index (χ1v) is 6.09. The van der Waals surface area contributed by atoms with Crippen LogP contribution in [0.4, 0.5) is 0 Å². The van der Waals surface area contributed by atoms with Crippen LogP contribution in [0.3, 0.4) is 0 Å². The Morgan fingerprint density at radius 2 is 1.88 bits per heavy atom. The van der Waals surface area contributed by atoms with Crippen LogP contribution in [0.5, 0.6) is 0 Å². The molecule has 0 spiro atoms. The Labute approximate surface area is 99.0 Å². The lowest BCUT2D eigenvalue weighted by Gasteiger charge is -2.31. The van der Waals surface area contributed by atoms with Crippen LogP contribution in [0.1, 0.15) is 41.0 Å². The molecule has 4 nitrogen and oxygen atoms in total. The molecule has 0 aromatic rings. The summed E-state index contributed by atoms with van der Waals surface area (Å²) in [5, 5.41) is 12.4. The van der Waals surface area contributed by atoms with Crippen molar-refractivity contribution in [2.75, 3.05) is 19.6 Å². The van der Waals surface area contributed by atoms with E-state index in [0.717, 1.165) is 19.6 Å². The van der Waals surface area contributed by atoms with E-state index in [1.165, 1.54) is 0 Å². The van der Waals surface area contributed by atoms with Gasteiger partial charge in [0.15, 0.2) is 0 Å². The smallest absolute Gasteiger partial charge is 0.323 e. The molecular weight excluding hydrogens is 204 g/mol. The highest BCUT2D eigenvalue weighted by Crippen LogP contribution is 2.12. The molecule has 1 atom stereocenters. The fourth-order valence-electron chi connectivity index (χ4n) is 1.80. The Hall–Kier alpha value is -0.610. The van der Waals surface area contributed by atoms with Crippen molar-refractivity contribution in [1.29, 1.82) is 0 Å². The van der Waals surface area contributed by atoms with Crippen molar-refractivity contribution >= 4 is 5.97 Å². The highest BCUT2D eigenvalue weighted by molar-refractivity contribution is 5.78. The number of carboxylic acids is 1. The molecule has 0 aliphatic carbocycles. The van der Waals surface area contributed by atoms with Crippen molar-refractivity contribution in [3.63, 3.8) is 0 Å². The van der Waals surface area contributed by atoms with Crippen LogP contribution in [-0.4, -0.2) is 47.2 Å². The molecule has 0 bridgehead atoms. The van der Waals surface area contributed by atoms with Crippen molar-refractivity contribution in [1.82, 2.24) is 10.2 Å². The normalized spacial score (nSPS) is 15.4. The van der Waals surface area contributed by atoms with Crippen molar-refractivity contribution in [2.45, 2.75) is 52.6 Å². The number of carbonyl (C=O) groups is 1. The van der Waals surface area contributed by atoms with Crippen LogP contribution in [-0.2, 0) is 4.79 Å². The number of aliphatic carboxylic acids is 1. The summed E-state index contributed by atoms with van der Waals surface area (Å²) in [6, 6.07) is 0.179. The van der Waals surface area contributed by atoms with E-state index < -0.39 is 11.5 Å². The Morgan fingerprint density at radius 3 is 2.19 bits per heavy atom. The van der Waals surface area contributed by atoms with E-state index in [9.17, 15) is 9.90 Å². The highest BCUT2D eigenvalue weighted by atomic mass is 16.4. The molecule has 0 aliphatic rings. The third-order valence-corrected chi connectivity index (χ3v) is 2.90. The van der Waals surface area contributed by atoms with Crippen molar-refractivity contribution in [2.24, 2.45) is 0 Å². The molecule has 4 heteroatoms. The maximum Gasteiger partial charge on any atom is 0.323 e. The summed E-state index contributed by atoms with van der Waals surface area (Å²) in [4.78, 5) is 13.5. The van der Waals surface area contributed by atoms with Gasteiger partial charge in [0.05, 0.1) is 0 Å². The Bertz CT molecular complexity index is 215. The van der Waals surface area contributed by atoms with E-state index in [1.54, 1.807) is 6.92 Å². The van der Waals surface area contributed by atoms with Crippen LogP contribution in [0.2, 0.25) is 0 Å². The van der Waals surface area contributed by atoms with E-state index in [4.69, 9.17) is 0 Å². The van der Waals surface area contributed by atoms with Gasteiger partial charge in [0.1, 0.15) is 5.54 Å². The van der Waals surface area contributed by atoms with Gasteiger partial charge in [-0.05, 0) is 40.3 Å². The zero-order chi connectivity index (χ0) is 12.8. The van der Waals surface area contributed by atoms with Gasteiger partial charge in [0, 0.05) is 12.6 Å². The quantitative estimate of drug-likeness (QED) is 0.664. The van der Waals surface area contributed by atoms with Gasteiger partial charge < -0.3 is 10.0 Å². The summed E-state index contributed by atoms with van der Waals surface area (Å²) in [5.41, 5.74) is -0.823. The van der Waals surface area contributed by atoms with Gasteiger partial charge in [-0.25, -0.2) is 0 Å². The van der Waals surface area contributed by atoms with Gasteiger partial charge in [0.25, 0.3) is 0 Å². The monoisotopic (exact) mass is 230 g/mol. The summed E-state index contributed by atoms with van der Waals surface area (Å²) in [5.74, 6) is -0.770. The van der Waals surface area contributed by atoms with Crippen LogP contribution in [0.15, 0.2) is 0 Å². The van der Waals surface area contributed by atoms with E-state index >= 15 is 0 Å². The molecule has 1 unspecified atom stereocenters. The molecule has 0 saturated carbocycles. The summed E-state index contributed by atoms with van der Waals surface area (Å²) in [6.07, 6.45) is 0.627. The van der Waals surface area contributed by atoms with Gasteiger partial charge in [-0.1, -0.05) is 13.8 Å². The van der Waals surface area contributed by atoms with Crippen LogP contribution < -0.4 is 5.32 Å². The minimum Gasteiger partial charge on any atom is -0.480 e. The average molecular weight is 230 g/mol. The summed E-state index contributed by atoms with van der Waals surface area (Å²) < 4.78 is 0. The van der Waals surface area contributed by atoms with Crippen molar-refractivity contribution in [3.05, 3.63) is 0 Å². The van der Waals surface area contributed by atoms with E-state index in [2.05, 4.69) is 24.1 Å². The number of nitrogens with zero attached hydrogens (tertiary/aromatic N) is 1. The lowest BCUT2D eigenvalue weighted by molar-refractivity contribution is -0.145. The maximum atomic E-state index is 11.3. The molecule has 96 valence electrons. The van der Waals surface area contributed by atoms with E-state index in [-0.39, 0.29) is 6.04 Å². The van der Waals surface area contributed by atoms with Crippen LogP contribution in [0, 0.1) is 0 Å². The molecule has 0 aromatic heterocycles. The largest absolute Gasteiger partial charge is 0.480 e. The van der Waals surface area contributed by atoms with E-state index in [1.807, 2.05) is 13.8 Å². The maximum absolute atomic E-state index is 11.3. The first kappa shape index (κ1) is 15.4. The zero-order valence-electron chi connectivity index (χ0n) is 11.2. The van der Waals surface area contributed by atoms with Gasteiger partial charge >= 0.3 is 5.97 Å². The molecular formula is C12H26N2O2. The first-order chi connectivity index (χ1) is 7.35. The Kier molecular flexibility index (Phi) is 6.60. The predicted molar refractivity (Wildman–Crippen MR) is 66.7 cm³/mol. The van der Waals surface area contributed by atoms with Crippen LogP contribution >= 0.6 is 0 Å². The number of hydrogen-bond acceptors (Lipinski definition) is 3. The molecule has 0 aromatic carbocycles. The molecule has 0 rings (SSSR count). The zero-order valence-corrected chi connectivity index (χ0v) is 11.2. The number of nitrogens with one attached hydrogen (secondary N) is 1. The molecule has 2 N–H and O–H groups in total. The van der Waals surface area contributed by atoms with Gasteiger partial charge in [0.2, 0.25) is 0 Å². The molecule has 0 amide bonds. The fraction of sp³-hybridized carbons (Fsp3) is 0.917. The first-order valence-electron chi connectivity index (χ1n) is 6.09. The third-order valence-electron chi connectivity index (χ3n) is 2.90. The fourth-order valence-corrected chi connectivity index (χ4v) is 1.80. The van der Waals surface area contributed by atoms with Crippen LogP contribution in [0.25, 0.3) is 0 Å². The summed E-state index contributed by atoms with van der Waals surface area (Å²) >= 11 is 0. The molecule has 0 aliphatic heterocycles. The topological polar surface area (TPSA) is 52.6 Å². The summed E-state index contributed by atoms with van der Waals surface area (Å²) in [6.45, 7) is 12.6. The van der Waals surface area contributed by atoms with Gasteiger partial charge in [-0.3, -0.25) is 10.1 Å². The minimum atomic E-state index is -0.823. The molecule has 0 saturated heterocycles. The molecule has 0 heterocycles. The van der Waals surface area contributed by atoms with Gasteiger partial charge in [-0.15, -0.1) is 0 Å². The van der Waals surface area contributed by atoms with Gasteiger partial charge in [-0.2, -0.15) is 0 Å². The van der Waals surface area contributed by atoms with Crippen molar-refractivity contribution in [3.8, 4) is 0 Å². The third kappa shape index (κ3) is 4.94. The SMILES string of the molecule is CCN(CC)CCC(C)(NC(C)C)C(=O)O. The number of carboxylic acid groups (broad SMARTS) is 1. The lowest BCUT2D eigenvalue weighted by atomic mass is 9.96. The minimum absolute atomic E-state index is 0.179. The summed E-state index contributed by atoms with van der Waals surface area (Å²) in [7, 11) is 0. The Morgan fingerprint density at radius 1 is 1.38 bits per heavy atom. The average Bonchev–Trinajstić information content (AvgIpc) is 2.18. The standard InChI is InChI=1S/C12H26N2O2/c1-6-14(7-2)9-8-12(5,11(15)16)13-10(3)4/h10,13H,6-9H2,1-5H3,(H,15,16). The Balaban J connectivity index is 4.38. The van der Waals surface area contributed by atoms with Crippen molar-refractivity contribution < 1.29 is 9.90 Å². The second-order valence-electron chi connectivity index (χ2n) is 4.71. The number of rotatable bonds is 8. The second-order valence-corrected chi connectivity index (χ2v) is 4.71.